The summed E-state index contributed by atoms with van der Waals surface area (Å²) in [4.78, 5) is 12.1. The number of hydrogen-bond donors (Lipinski definition) is 2. The van der Waals surface area contributed by atoms with Crippen LogP contribution in [0, 0.1) is 18.3 Å². The topological polar surface area (TPSA) is 64.9 Å². The Morgan fingerprint density at radius 3 is 2.52 bits per heavy atom. The number of carbonyl (C=O) groups excluding carboxylic acids is 1. The van der Waals surface area contributed by atoms with Gasteiger partial charge in [0, 0.05) is 11.9 Å². The molecule has 1 amide bonds. The minimum atomic E-state index is -0.573. The zero-order chi connectivity index (χ0) is 16.8. The van der Waals surface area contributed by atoms with Gasteiger partial charge in [0.1, 0.15) is 11.6 Å². The molecule has 2 N–H and O–H groups in total. The molecule has 0 heterocycles. The van der Waals surface area contributed by atoms with Crippen LogP contribution in [0.2, 0.25) is 10.0 Å². The fraction of sp³-hybridized carbons (Fsp3) is 0.0588. The summed E-state index contributed by atoms with van der Waals surface area (Å²) in [5, 5.41) is 15.2. The van der Waals surface area contributed by atoms with Gasteiger partial charge in [-0.3, -0.25) is 4.79 Å². The van der Waals surface area contributed by atoms with Crippen LogP contribution in [0.1, 0.15) is 5.56 Å². The molecule has 2 rings (SSSR count). The molecule has 0 unspecified atom stereocenters. The number of rotatable bonds is 4. The zero-order valence-corrected chi connectivity index (χ0v) is 13.7. The van der Waals surface area contributed by atoms with Crippen molar-refractivity contribution >= 4 is 40.5 Å². The number of halogens is 2. The van der Waals surface area contributed by atoms with Crippen LogP contribution in [-0.4, -0.2) is 5.91 Å². The van der Waals surface area contributed by atoms with Crippen LogP contribution in [0.4, 0.5) is 11.4 Å². The Balaban J connectivity index is 2.12. The van der Waals surface area contributed by atoms with E-state index in [2.05, 4.69) is 10.6 Å². The number of anilines is 2. The number of nitrogens with zero attached hydrogens (tertiary/aromatic N) is 1. The van der Waals surface area contributed by atoms with E-state index in [1.807, 2.05) is 37.3 Å². The van der Waals surface area contributed by atoms with Crippen molar-refractivity contribution < 1.29 is 4.79 Å². The summed E-state index contributed by atoms with van der Waals surface area (Å²) >= 11 is 11.9. The van der Waals surface area contributed by atoms with Crippen LogP contribution < -0.4 is 10.6 Å². The number of nitrogens with one attached hydrogen (secondary N) is 2. The van der Waals surface area contributed by atoms with Gasteiger partial charge in [-0.2, -0.15) is 5.26 Å². The number of amides is 1. The number of aryl methyl sites for hydroxylation is 1. The highest BCUT2D eigenvalue weighted by Crippen LogP contribution is 2.29. The highest BCUT2D eigenvalue weighted by Gasteiger charge is 2.12. The van der Waals surface area contributed by atoms with Gasteiger partial charge in [-0.1, -0.05) is 47.0 Å². The standard InChI is InChI=1S/C17H13Cl2N3O/c1-11-5-7-13(8-6-11)21-10-12(9-20)17(23)22-15-4-2-3-14(18)16(15)19/h2-8,10,21H,1H3,(H,22,23)/b12-10-. The van der Waals surface area contributed by atoms with Crippen molar-refractivity contribution in [3.8, 4) is 6.07 Å². The Hall–Kier alpha value is -2.48. The molecule has 0 aliphatic heterocycles. The first kappa shape index (κ1) is 16.9. The zero-order valence-electron chi connectivity index (χ0n) is 12.2. The molecule has 0 fully saturated rings. The lowest BCUT2D eigenvalue weighted by Crippen LogP contribution is -2.14. The first-order valence-electron chi connectivity index (χ1n) is 6.70. The fourth-order valence-electron chi connectivity index (χ4n) is 1.74. The second-order valence-corrected chi connectivity index (χ2v) is 5.52. The lowest BCUT2D eigenvalue weighted by molar-refractivity contribution is -0.112. The predicted octanol–water partition coefficient (Wildman–Crippen LogP) is 4.76. The monoisotopic (exact) mass is 345 g/mol. The third kappa shape index (κ3) is 4.49. The summed E-state index contributed by atoms with van der Waals surface area (Å²) in [6, 6.07) is 14.3. The Labute approximate surface area is 144 Å². The molecule has 6 heteroatoms. The maximum absolute atomic E-state index is 12.1. The van der Waals surface area contributed by atoms with Gasteiger partial charge in [-0.25, -0.2) is 0 Å². The molecule has 0 spiro atoms. The van der Waals surface area contributed by atoms with E-state index in [4.69, 9.17) is 28.5 Å². The van der Waals surface area contributed by atoms with Gasteiger partial charge in [0.2, 0.25) is 0 Å². The van der Waals surface area contributed by atoms with Crippen LogP contribution in [0.25, 0.3) is 0 Å². The Bertz CT molecular complexity index is 792. The molecule has 116 valence electrons. The van der Waals surface area contributed by atoms with Crippen molar-refractivity contribution in [1.82, 2.24) is 0 Å². The average Bonchev–Trinajstić information content (AvgIpc) is 2.54. The number of nitriles is 1. The van der Waals surface area contributed by atoms with Crippen LogP contribution >= 0.6 is 23.2 Å². The molecule has 0 aromatic heterocycles. The Kier molecular flexibility index (Phi) is 5.64. The summed E-state index contributed by atoms with van der Waals surface area (Å²) in [6.45, 7) is 1.97. The second kappa shape index (κ2) is 7.68. The third-order valence-electron chi connectivity index (χ3n) is 3.00. The lowest BCUT2D eigenvalue weighted by atomic mass is 10.2. The van der Waals surface area contributed by atoms with Crippen LogP contribution in [0.3, 0.4) is 0 Å². The third-order valence-corrected chi connectivity index (χ3v) is 3.82. The smallest absolute Gasteiger partial charge is 0.267 e. The molecule has 2 aromatic carbocycles. The highest BCUT2D eigenvalue weighted by molar-refractivity contribution is 6.44. The summed E-state index contributed by atoms with van der Waals surface area (Å²) < 4.78 is 0. The molecule has 0 aliphatic carbocycles. The first-order valence-corrected chi connectivity index (χ1v) is 7.45. The molecule has 0 saturated heterocycles. The molecule has 23 heavy (non-hydrogen) atoms. The molecule has 0 radical (unpaired) electrons. The molecule has 0 aliphatic rings. The quantitative estimate of drug-likeness (QED) is 0.620. The summed E-state index contributed by atoms with van der Waals surface area (Å²) in [5.41, 5.74) is 2.16. The summed E-state index contributed by atoms with van der Waals surface area (Å²) in [7, 11) is 0. The minimum Gasteiger partial charge on any atom is -0.360 e. The molecular formula is C17H13Cl2N3O. The maximum Gasteiger partial charge on any atom is 0.267 e. The van der Waals surface area contributed by atoms with Crippen molar-refractivity contribution in [2.24, 2.45) is 0 Å². The Morgan fingerprint density at radius 2 is 1.87 bits per heavy atom. The van der Waals surface area contributed by atoms with Gasteiger partial charge >= 0.3 is 0 Å². The molecule has 4 nitrogen and oxygen atoms in total. The van der Waals surface area contributed by atoms with Crippen molar-refractivity contribution in [3.63, 3.8) is 0 Å². The second-order valence-electron chi connectivity index (χ2n) is 4.74. The van der Waals surface area contributed by atoms with E-state index in [1.54, 1.807) is 18.2 Å². The molecule has 0 atom stereocenters. The van der Waals surface area contributed by atoms with Crippen molar-refractivity contribution in [2.75, 3.05) is 10.6 Å². The van der Waals surface area contributed by atoms with Crippen molar-refractivity contribution in [3.05, 3.63) is 69.8 Å². The van der Waals surface area contributed by atoms with Crippen molar-refractivity contribution in [1.29, 1.82) is 5.26 Å². The lowest BCUT2D eigenvalue weighted by Gasteiger charge is -2.08. The van der Waals surface area contributed by atoms with Crippen molar-refractivity contribution in [2.45, 2.75) is 6.92 Å². The van der Waals surface area contributed by atoms with E-state index in [0.29, 0.717) is 10.7 Å². The van der Waals surface area contributed by atoms with Gasteiger partial charge < -0.3 is 10.6 Å². The average molecular weight is 346 g/mol. The van der Waals surface area contributed by atoms with Crippen LogP contribution in [0.15, 0.2) is 54.2 Å². The van der Waals surface area contributed by atoms with Gasteiger partial charge in [0.25, 0.3) is 5.91 Å². The van der Waals surface area contributed by atoms with E-state index < -0.39 is 5.91 Å². The normalized spacial score (nSPS) is 10.8. The minimum absolute atomic E-state index is 0.0818. The largest absolute Gasteiger partial charge is 0.360 e. The summed E-state index contributed by atoms with van der Waals surface area (Å²) in [5.74, 6) is -0.573. The number of benzene rings is 2. The summed E-state index contributed by atoms with van der Waals surface area (Å²) in [6.07, 6.45) is 1.35. The molecule has 0 bridgehead atoms. The highest BCUT2D eigenvalue weighted by atomic mass is 35.5. The number of hydrogen-bond acceptors (Lipinski definition) is 3. The maximum atomic E-state index is 12.1. The Morgan fingerprint density at radius 1 is 1.17 bits per heavy atom. The van der Waals surface area contributed by atoms with Gasteiger partial charge in [-0.15, -0.1) is 0 Å². The first-order chi connectivity index (χ1) is 11.0. The molecule has 0 saturated carbocycles. The van der Waals surface area contributed by atoms with E-state index in [0.717, 1.165) is 11.3 Å². The fourth-order valence-corrected chi connectivity index (χ4v) is 2.09. The van der Waals surface area contributed by atoms with E-state index >= 15 is 0 Å². The van der Waals surface area contributed by atoms with Crippen LogP contribution in [0.5, 0.6) is 0 Å². The van der Waals surface area contributed by atoms with E-state index in [-0.39, 0.29) is 10.6 Å². The van der Waals surface area contributed by atoms with Gasteiger partial charge in [0.05, 0.1) is 15.7 Å². The van der Waals surface area contributed by atoms with E-state index in [9.17, 15) is 4.79 Å². The molecular weight excluding hydrogens is 333 g/mol. The van der Waals surface area contributed by atoms with Gasteiger partial charge in [-0.05, 0) is 31.2 Å². The van der Waals surface area contributed by atoms with E-state index in [1.165, 1.54) is 6.20 Å². The van der Waals surface area contributed by atoms with Gasteiger partial charge in [0.15, 0.2) is 0 Å². The predicted molar refractivity (Wildman–Crippen MR) is 93.6 cm³/mol. The number of carbonyl (C=O) groups is 1. The SMILES string of the molecule is Cc1ccc(N/C=C(/C#N)C(=O)Nc2cccc(Cl)c2Cl)cc1. The molecule has 2 aromatic rings. The van der Waals surface area contributed by atoms with Crippen LogP contribution in [-0.2, 0) is 4.79 Å².